The van der Waals surface area contributed by atoms with Gasteiger partial charge in [0, 0.05) is 11.8 Å². The summed E-state index contributed by atoms with van der Waals surface area (Å²) in [6, 6.07) is 15.5. The molecule has 2 nitrogen and oxygen atoms in total. The average molecular weight is 576 g/mol. The van der Waals surface area contributed by atoms with E-state index in [0.717, 1.165) is 16.8 Å². The van der Waals surface area contributed by atoms with Gasteiger partial charge >= 0.3 is 49.6 Å². The van der Waals surface area contributed by atoms with E-state index < -0.39 is 12.8 Å². The van der Waals surface area contributed by atoms with Gasteiger partial charge in [-0.15, -0.1) is 0 Å². The summed E-state index contributed by atoms with van der Waals surface area (Å²) in [4.78, 5) is 4.38. The number of benzene rings is 2. The number of phenols is 1. The maximum atomic E-state index is 10.3. The van der Waals surface area contributed by atoms with Gasteiger partial charge in [0.05, 0.1) is 5.69 Å². The zero-order valence-electron chi connectivity index (χ0n) is 13.5. The molecule has 2 aromatic rings. The van der Waals surface area contributed by atoms with E-state index in [0.29, 0.717) is 5.75 Å². The second-order valence-corrected chi connectivity index (χ2v) is 33.8. The molecule has 2 rings (SSSR count). The molecule has 0 saturated carbocycles. The summed E-state index contributed by atoms with van der Waals surface area (Å²) in [5.74, 6) is 0.315. The van der Waals surface area contributed by atoms with Crippen LogP contribution in [0.25, 0.3) is 0 Å². The number of aromatic hydroxyl groups is 1. The molecule has 0 bridgehead atoms. The molecule has 24 heavy (non-hydrogen) atoms. The van der Waals surface area contributed by atoms with E-state index in [2.05, 4.69) is 25.8 Å². The number of para-hydroxylation sites is 2. The Morgan fingerprint density at radius 1 is 0.917 bits per heavy atom. The van der Waals surface area contributed by atoms with Gasteiger partial charge in [0.25, 0.3) is 0 Å². The molecule has 0 unspecified atom stereocenters. The Morgan fingerprint density at radius 3 is 1.96 bits per heavy atom. The van der Waals surface area contributed by atoms with Crippen LogP contribution in [-0.2, 0) is 18.2 Å². The van der Waals surface area contributed by atoms with Gasteiger partial charge in [-0.1, -0.05) is 51.1 Å². The minimum atomic E-state index is -3.33. The van der Waals surface area contributed by atoms with Gasteiger partial charge in [0.15, 0.2) is 0 Å². The van der Waals surface area contributed by atoms with Crippen molar-refractivity contribution in [3.05, 3.63) is 59.7 Å². The second-order valence-electron chi connectivity index (χ2n) is 5.97. The third-order valence-corrected chi connectivity index (χ3v) is 2.98. The van der Waals surface area contributed by atoms with Crippen LogP contribution in [0.4, 0.5) is 5.69 Å². The van der Waals surface area contributed by atoms with Crippen molar-refractivity contribution >= 4 is 48.7 Å². The Hall–Kier alpha value is -0.190. The summed E-state index contributed by atoms with van der Waals surface area (Å²) in [5.41, 5.74) is 2.48. The summed E-state index contributed by atoms with van der Waals surface area (Å²) in [5, 5.41) is 10.3. The molecule has 2 aromatic carbocycles. The molecule has 0 amide bonds. The molecule has 0 aromatic heterocycles. The first kappa shape index (κ1) is 21.9. The zero-order valence-corrected chi connectivity index (χ0v) is 19.8. The third kappa shape index (κ3) is 8.77. The van der Waals surface area contributed by atoms with Crippen LogP contribution < -0.4 is 0 Å². The van der Waals surface area contributed by atoms with Crippen LogP contribution in [0.3, 0.4) is 0 Å². The van der Waals surface area contributed by atoms with Crippen molar-refractivity contribution in [1.82, 2.24) is 0 Å². The third-order valence-electron chi connectivity index (χ3n) is 2.98. The fourth-order valence-electron chi connectivity index (χ4n) is 1.93. The van der Waals surface area contributed by atoms with E-state index in [1.807, 2.05) is 48.5 Å². The first-order chi connectivity index (χ1) is 11.0. The van der Waals surface area contributed by atoms with Crippen molar-refractivity contribution in [3.8, 4) is 5.75 Å². The Kier molecular flexibility index (Phi) is 8.64. The quantitative estimate of drug-likeness (QED) is 0.378. The van der Waals surface area contributed by atoms with Crippen molar-refractivity contribution in [2.24, 2.45) is 4.99 Å². The molecule has 0 heterocycles. The first-order valence-electron chi connectivity index (χ1n) is 7.07. The number of hydrogen-bond acceptors (Lipinski definition) is 2. The van der Waals surface area contributed by atoms with E-state index in [4.69, 9.17) is 36.8 Å². The van der Waals surface area contributed by atoms with E-state index in [1.54, 1.807) is 6.21 Å². The van der Waals surface area contributed by atoms with Crippen molar-refractivity contribution in [1.29, 1.82) is 0 Å². The second kappa shape index (κ2) is 9.49. The van der Waals surface area contributed by atoms with E-state index in [-0.39, 0.29) is 5.41 Å². The summed E-state index contributed by atoms with van der Waals surface area (Å²) in [6.07, 6.45) is 1.71. The molecule has 0 aliphatic carbocycles. The molecule has 1 N–H and O–H groups in total. The predicted molar refractivity (Wildman–Crippen MR) is 104 cm³/mol. The normalized spacial score (nSPS) is 12.0. The van der Waals surface area contributed by atoms with Crippen molar-refractivity contribution in [3.63, 3.8) is 0 Å². The van der Waals surface area contributed by atoms with Crippen LogP contribution in [0.15, 0.2) is 53.5 Å². The van der Waals surface area contributed by atoms with Crippen LogP contribution in [0, 0.1) is 0 Å². The summed E-state index contributed by atoms with van der Waals surface area (Å²) in [7, 11) is 20.2. The topological polar surface area (TPSA) is 32.6 Å². The number of hydrogen-bond donors (Lipinski definition) is 1. The van der Waals surface area contributed by atoms with Crippen LogP contribution in [0.5, 0.6) is 5.75 Å². The molecule has 0 spiro atoms. The minimum absolute atomic E-state index is 0.0827. The Labute approximate surface area is 162 Å². The van der Waals surface area contributed by atoms with Crippen LogP contribution in [0.2, 0.25) is 0 Å². The SMILES string of the molecule is CC(C)(C)c1cccc(C=Nc2ccccc2)c1O.[Cl][Ta]([Cl])([Cl])[Cl]. The van der Waals surface area contributed by atoms with Gasteiger partial charge in [0.1, 0.15) is 5.75 Å². The van der Waals surface area contributed by atoms with E-state index in [9.17, 15) is 5.11 Å². The number of phenolic OH excluding ortho intramolecular Hbond substituents is 1. The molecule has 131 valence electrons. The monoisotopic (exact) mass is 574 g/mol. The molecular formula is C17H19Cl4NOTa. The van der Waals surface area contributed by atoms with Gasteiger partial charge in [-0.3, -0.25) is 4.99 Å². The van der Waals surface area contributed by atoms with Gasteiger partial charge in [-0.05, 0) is 29.2 Å². The number of aliphatic imine (C=N–C) groups is 1. The molecule has 0 atom stereocenters. The Bertz CT molecular complexity index is 673. The molecule has 0 saturated heterocycles. The predicted octanol–water partition coefficient (Wildman–Crippen LogP) is 7.20. The standard InChI is InChI=1S/C17H19NO.4ClH.Ta/c1-17(2,3)15-11-7-8-13(16(15)19)12-18-14-9-5-4-6-10-14;;;;;/h4-12,19H,1-3H3;4*1H;/q;;;;;+4/p-4. The van der Waals surface area contributed by atoms with E-state index in [1.165, 1.54) is 0 Å². The van der Waals surface area contributed by atoms with Crippen LogP contribution >= 0.6 is 36.8 Å². The van der Waals surface area contributed by atoms with Crippen LogP contribution in [0.1, 0.15) is 31.9 Å². The number of halogens is 4. The van der Waals surface area contributed by atoms with Crippen molar-refractivity contribution in [2.45, 2.75) is 26.2 Å². The average Bonchev–Trinajstić information content (AvgIpc) is 2.44. The molecule has 0 fully saturated rings. The van der Waals surface area contributed by atoms with Crippen molar-refractivity contribution < 1.29 is 17.9 Å². The molecule has 0 aliphatic rings. The van der Waals surface area contributed by atoms with Gasteiger partial charge in [-0.25, -0.2) is 0 Å². The van der Waals surface area contributed by atoms with Crippen molar-refractivity contribution in [2.75, 3.05) is 0 Å². The Balaban J connectivity index is 0.000000505. The molecule has 7 heteroatoms. The summed E-state index contributed by atoms with van der Waals surface area (Å²) >= 11 is -3.33. The van der Waals surface area contributed by atoms with Crippen LogP contribution in [-0.4, -0.2) is 11.3 Å². The van der Waals surface area contributed by atoms with Gasteiger partial charge < -0.3 is 5.11 Å². The zero-order chi connectivity index (χ0) is 18.4. The van der Waals surface area contributed by atoms with Gasteiger partial charge in [0.2, 0.25) is 0 Å². The summed E-state index contributed by atoms with van der Waals surface area (Å²) < 4.78 is 0. The van der Waals surface area contributed by atoms with Gasteiger partial charge in [-0.2, -0.15) is 0 Å². The molecule has 0 radical (unpaired) electrons. The number of rotatable bonds is 2. The fourth-order valence-corrected chi connectivity index (χ4v) is 1.93. The number of nitrogens with zero attached hydrogens (tertiary/aromatic N) is 1. The fraction of sp³-hybridized carbons (Fsp3) is 0.235. The molecular weight excluding hydrogens is 557 g/mol. The van der Waals surface area contributed by atoms with E-state index >= 15 is 0 Å². The summed E-state index contributed by atoms with van der Waals surface area (Å²) in [6.45, 7) is 6.25. The molecule has 0 aliphatic heterocycles. The maximum absolute atomic E-state index is 10.3. The first-order valence-corrected chi connectivity index (χ1v) is 23.0. The Morgan fingerprint density at radius 2 is 1.46 bits per heavy atom.